The molecule has 2 aliphatic heterocycles. The lowest BCUT2D eigenvalue weighted by Gasteiger charge is -2.09. The van der Waals surface area contributed by atoms with E-state index in [1.54, 1.807) is 12.1 Å². The zero-order chi connectivity index (χ0) is 48.8. The highest BCUT2D eigenvalue weighted by Gasteiger charge is 2.20. The van der Waals surface area contributed by atoms with Gasteiger partial charge in [0, 0.05) is 61.3 Å². The quantitative estimate of drug-likeness (QED) is 0.116. The summed E-state index contributed by atoms with van der Waals surface area (Å²) in [5, 5.41) is 2.41. The van der Waals surface area contributed by atoms with Crippen molar-refractivity contribution in [3.8, 4) is 55.8 Å². The monoisotopic (exact) mass is 942 g/mol. The lowest BCUT2D eigenvalue weighted by atomic mass is 10.0. The average molecular weight is 943 g/mol. The van der Waals surface area contributed by atoms with E-state index in [1.165, 1.54) is 6.07 Å². The highest BCUT2D eigenvalue weighted by molar-refractivity contribution is 6.05. The van der Waals surface area contributed by atoms with Gasteiger partial charge in [-0.2, -0.15) is 0 Å². The van der Waals surface area contributed by atoms with Gasteiger partial charge >= 0.3 is 5.97 Å². The number of esters is 1. The van der Waals surface area contributed by atoms with E-state index in [-0.39, 0.29) is 12.0 Å². The minimum atomic E-state index is -0.453. The molecule has 0 unspecified atom stereocenters. The van der Waals surface area contributed by atoms with Crippen molar-refractivity contribution in [2.75, 3.05) is 0 Å². The van der Waals surface area contributed by atoms with Crippen LogP contribution in [0.2, 0.25) is 0 Å². The molecule has 0 aliphatic carbocycles. The Morgan fingerprint density at radius 3 is 1.37 bits per heavy atom. The second kappa shape index (κ2) is 18.1. The molecular weight excluding hydrogens is 901 g/mol. The van der Waals surface area contributed by atoms with E-state index in [1.807, 2.05) is 115 Å². The summed E-state index contributed by atoms with van der Waals surface area (Å²) in [5.41, 5.74) is 17.0. The minimum absolute atomic E-state index is 0.0597. The van der Waals surface area contributed by atoms with Crippen molar-refractivity contribution in [2.24, 2.45) is 0 Å². The van der Waals surface area contributed by atoms with Gasteiger partial charge in [0.2, 0.25) is 0 Å². The zero-order valence-electron chi connectivity index (χ0n) is 39.2. The number of carbonyl (C=O) groups excluding carboxylic acids is 1. The van der Waals surface area contributed by atoms with Gasteiger partial charge in [-0.25, -0.2) is 14.8 Å². The Labute approximate surface area is 418 Å². The number of aromatic nitrogens is 4. The maximum absolute atomic E-state index is 13.7. The van der Waals surface area contributed by atoms with Crippen LogP contribution in [0, 0.1) is 0 Å². The van der Waals surface area contributed by atoms with Gasteiger partial charge in [-0.1, -0.05) is 158 Å². The van der Waals surface area contributed by atoms with Crippen molar-refractivity contribution in [3.63, 3.8) is 0 Å². The number of aromatic amines is 2. The summed E-state index contributed by atoms with van der Waals surface area (Å²) in [6.45, 7) is 0.0597. The molecule has 8 bridgehead atoms. The summed E-state index contributed by atoms with van der Waals surface area (Å²) >= 11 is 0. The largest absolute Gasteiger partial charge is 0.457 e. The molecule has 0 saturated carbocycles. The number of carbonyl (C=O) groups is 1. The molecule has 0 saturated heterocycles. The fourth-order valence-corrected chi connectivity index (χ4v) is 10.0. The highest BCUT2D eigenvalue weighted by atomic mass is 16.5. The Kier molecular flexibility index (Phi) is 10.7. The van der Waals surface area contributed by atoms with Crippen molar-refractivity contribution in [1.29, 1.82) is 0 Å². The third-order valence-electron chi connectivity index (χ3n) is 13.6. The van der Waals surface area contributed by atoms with Crippen molar-refractivity contribution in [2.45, 2.75) is 6.61 Å². The van der Waals surface area contributed by atoms with Crippen LogP contribution in [-0.4, -0.2) is 25.9 Å². The maximum atomic E-state index is 13.7. The third kappa shape index (κ3) is 8.03. The second-order valence-electron chi connectivity index (χ2n) is 18.1. The molecule has 8 heteroatoms. The molecule has 13 rings (SSSR count). The summed E-state index contributed by atoms with van der Waals surface area (Å²) in [7, 11) is 0. The SMILES string of the molecule is O=C(OCc1ccc(-c2cc(=O)c3ccc4ccccc4c3o2)cc1)c1ccc(-c2c3nc(c(-c4ccccc4)c4ccc([nH]4)c(-c4ccccc4)c4nc(c(-c5ccccc5)c5ccc2[nH]5)C=C4)C=C3)cc1. The number of hydrogen-bond acceptors (Lipinski definition) is 6. The van der Waals surface area contributed by atoms with Crippen molar-refractivity contribution >= 4 is 74.1 Å². The predicted octanol–water partition coefficient (Wildman–Crippen LogP) is 15.6. The molecule has 11 aromatic rings. The number of H-pyrrole nitrogens is 2. The van der Waals surface area contributed by atoms with Gasteiger partial charge in [-0.15, -0.1) is 0 Å². The van der Waals surface area contributed by atoms with Crippen LogP contribution in [-0.2, 0) is 11.3 Å². The van der Waals surface area contributed by atoms with E-state index >= 15 is 0 Å². The van der Waals surface area contributed by atoms with Gasteiger partial charge in [0.05, 0.1) is 33.7 Å². The number of nitrogens with one attached hydrogen (secondary N) is 2. The van der Waals surface area contributed by atoms with Crippen molar-refractivity contribution < 1.29 is 13.9 Å². The molecular formula is C65H42N4O4. The molecule has 0 atom stereocenters. The van der Waals surface area contributed by atoms with Crippen molar-refractivity contribution in [1.82, 2.24) is 19.9 Å². The number of benzene rings is 7. The van der Waals surface area contributed by atoms with Gasteiger partial charge in [0.1, 0.15) is 18.0 Å². The zero-order valence-corrected chi connectivity index (χ0v) is 39.2. The number of fused-ring (bicyclic) bond motifs is 11. The van der Waals surface area contributed by atoms with Crippen LogP contribution in [0.3, 0.4) is 0 Å². The molecule has 2 aliphatic rings. The van der Waals surface area contributed by atoms with Gasteiger partial charge in [0.15, 0.2) is 5.43 Å². The smallest absolute Gasteiger partial charge is 0.338 e. The van der Waals surface area contributed by atoms with Crippen LogP contribution < -0.4 is 5.43 Å². The van der Waals surface area contributed by atoms with Crippen LogP contribution in [0.15, 0.2) is 215 Å². The normalized spacial score (nSPS) is 11.9. The van der Waals surface area contributed by atoms with E-state index in [0.717, 1.165) is 111 Å². The summed E-state index contributed by atoms with van der Waals surface area (Å²) in [4.78, 5) is 45.2. The van der Waals surface area contributed by atoms with Crippen LogP contribution >= 0.6 is 0 Å². The minimum Gasteiger partial charge on any atom is -0.457 e. The van der Waals surface area contributed by atoms with E-state index in [2.05, 4.69) is 107 Å². The molecule has 0 fully saturated rings. The van der Waals surface area contributed by atoms with E-state index in [9.17, 15) is 9.59 Å². The first-order chi connectivity index (χ1) is 36.0. The standard InChI is InChI=1S/C65H42N4O4/c70-58-38-59(73-64-48-19-11-10-12-41(48)28-29-49(58)64)42-22-20-40(21-23-42)39-72-65(71)47-26-24-46(25-27-47)63-56-36-34-54(68-56)61(44-15-6-2-7-16-44)52-32-30-50(66-52)60(43-13-4-1-5-14-43)51-31-33-53(67-51)62(45-17-8-3-9-18-45)55-35-37-57(63)69-55/h1-38,66,69H,39H2. The first-order valence-corrected chi connectivity index (χ1v) is 24.1. The first-order valence-electron chi connectivity index (χ1n) is 24.1. The molecule has 0 radical (unpaired) electrons. The number of rotatable bonds is 8. The Balaban J connectivity index is 0.889. The molecule has 73 heavy (non-hydrogen) atoms. The Morgan fingerprint density at radius 2 is 0.877 bits per heavy atom. The van der Waals surface area contributed by atoms with Gasteiger partial charge < -0.3 is 19.1 Å². The summed E-state index contributed by atoms with van der Waals surface area (Å²) in [6, 6.07) is 67.6. The van der Waals surface area contributed by atoms with Crippen LogP contribution in [0.5, 0.6) is 0 Å². The molecule has 346 valence electrons. The lowest BCUT2D eigenvalue weighted by molar-refractivity contribution is 0.0472. The number of ether oxygens (including phenoxy) is 1. The topological polar surface area (TPSA) is 114 Å². The van der Waals surface area contributed by atoms with Gasteiger partial charge in [-0.05, 0) is 100.0 Å². The Bertz CT molecular complexity index is 4230. The van der Waals surface area contributed by atoms with E-state index in [4.69, 9.17) is 19.1 Å². The molecule has 0 amide bonds. The maximum Gasteiger partial charge on any atom is 0.338 e. The van der Waals surface area contributed by atoms with Crippen molar-refractivity contribution in [3.05, 3.63) is 250 Å². The third-order valence-corrected chi connectivity index (χ3v) is 13.6. The number of nitrogens with zero attached hydrogens (tertiary/aromatic N) is 2. The molecule has 8 nitrogen and oxygen atoms in total. The van der Waals surface area contributed by atoms with Gasteiger partial charge in [-0.3, -0.25) is 4.79 Å². The predicted molar refractivity (Wildman–Crippen MR) is 295 cm³/mol. The molecule has 4 aromatic heterocycles. The van der Waals surface area contributed by atoms with Gasteiger partial charge in [0.25, 0.3) is 0 Å². The first kappa shape index (κ1) is 43.1. The molecule has 0 spiro atoms. The summed E-state index contributed by atoms with van der Waals surface area (Å²) in [5.74, 6) is 0.0146. The summed E-state index contributed by atoms with van der Waals surface area (Å²) in [6.07, 6.45) is 8.34. The fourth-order valence-electron chi connectivity index (χ4n) is 10.0. The second-order valence-corrected chi connectivity index (χ2v) is 18.1. The number of hydrogen-bond donors (Lipinski definition) is 2. The molecule has 2 N–H and O–H groups in total. The average Bonchev–Trinajstić information content (AvgIpc) is 4.30. The molecule has 7 aromatic carbocycles. The fraction of sp³-hybridized carbons (Fsp3) is 0.0154. The van der Waals surface area contributed by atoms with E-state index in [0.29, 0.717) is 22.3 Å². The lowest BCUT2D eigenvalue weighted by Crippen LogP contribution is -2.05. The summed E-state index contributed by atoms with van der Waals surface area (Å²) < 4.78 is 12.2. The Morgan fingerprint density at radius 1 is 0.438 bits per heavy atom. The highest BCUT2D eigenvalue weighted by Crippen LogP contribution is 2.39. The van der Waals surface area contributed by atoms with Crippen LogP contribution in [0.1, 0.15) is 38.7 Å². The molecule has 6 heterocycles. The Hall–Kier alpha value is -9.92. The van der Waals surface area contributed by atoms with E-state index < -0.39 is 5.97 Å². The van der Waals surface area contributed by atoms with Crippen LogP contribution in [0.25, 0.3) is 124 Å². The van der Waals surface area contributed by atoms with Crippen LogP contribution in [0.4, 0.5) is 0 Å².